The van der Waals surface area contributed by atoms with Gasteiger partial charge in [-0.3, -0.25) is 0 Å². The fourth-order valence-electron chi connectivity index (χ4n) is 17.8. The van der Waals surface area contributed by atoms with Gasteiger partial charge in [0, 0.05) is 37.9 Å². The maximum atomic E-state index is 7.67. The highest BCUT2D eigenvalue weighted by Crippen LogP contribution is 2.52. The Morgan fingerprint density at radius 2 is 0.289 bits per heavy atom. The number of hydrogen-bond donors (Lipinski definition) is 0. The minimum Gasteiger partial charge on any atom is -0.364 e. The number of methoxy groups -OCH3 is 2. The molecule has 1 aliphatic carbocycles. The van der Waals surface area contributed by atoms with Crippen LogP contribution in [-0.2, 0) is 64.0 Å². The van der Waals surface area contributed by atoms with Crippen molar-refractivity contribution in [2.24, 2.45) is 0 Å². The maximum absolute atomic E-state index is 7.67. The summed E-state index contributed by atoms with van der Waals surface area (Å²) in [6.07, 6.45) is 0. The summed E-state index contributed by atoms with van der Waals surface area (Å²) in [5.41, 5.74) is 27.8. The molecule has 588 valence electrons. The third-order valence-electron chi connectivity index (χ3n) is 24.9. The van der Waals surface area contributed by atoms with Crippen molar-refractivity contribution < 1.29 is 9.47 Å². The second kappa shape index (κ2) is 30.6. The van der Waals surface area contributed by atoms with E-state index in [1.807, 2.05) is 14.2 Å². The molecule has 0 saturated heterocycles. The van der Waals surface area contributed by atoms with Crippen LogP contribution in [0.3, 0.4) is 0 Å². The largest absolute Gasteiger partial charge is 0.364 e. The summed E-state index contributed by atoms with van der Waals surface area (Å²) in [7, 11) is 3.88. The summed E-state index contributed by atoms with van der Waals surface area (Å²) >= 11 is 0. The van der Waals surface area contributed by atoms with Crippen molar-refractivity contribution >= 4 is 0 Å². The quantitative estimate of drug-likeness (QED) is 0.114. The molecule has 0 fully saturated rings. The lowest BCUT2D eigenvalue weighted by atomic mass is 9.71. The third-order valence-corrected chi connectivity index (χ3v) is 24.9. The van der Waals surface area contributed by atoms with Crippen LogP contribution in [0.5, 0.6) is 0 Å². The van der Waals surface area contributed by atoms with Crippen LogP contribution in [0.1, 0.15) is 334 Å². The smallest absolute Gasteiger partial charge is 0.143 e. The Labute approximate surface area is 687 Å². The van der Waals surface area contributed by atoms with E-state index in [1.54, 1.807) is 0 Å². The zero-order valence-corrected chi connectivity index (χ0v) is 73.7. The highest BCUT2D eigenvalue weighted by molar-refractivity contribution is 5.63. The van der Waals surface area contributed by atoms with Gasteiger partial charge in [-0.15, -0.1) is 0 Å². The molecule has 0 saturated carbocycles. The van der Waals surface area contributed by atoms with Crippen molar-refractivity contribution in [3.8, 4) is 0 Å². The molecule has 2 heteroatoms. The molecule has 0 aromatic heterocycles. The van der Waals surface area contributed by atoms with Crippen LogP contribution in [0, 0.1) is 0 Å². The van der Waals surface area contributed by atoms with Gasteiger partial charge in [0.05, 0.1) is 0 Å². The molecule has 0 N–H and O–H groups in total. The van der Waals surface area contributed by atoms with E-state index >= 15 is 0 Å². The van der Waals surface area contributed by atoms with Crippen molar-refractivity contribution in [1.82, 2.24) is 0 Å². The summed E-state index contributed by atoms with van der Waals surface area (Å²) in [6.45, 7) is 55.6. The van der Waals surface area contributed by atoms with Crippen molar-refractivity contribution in [2.75, 3.05) is 14.2 Å². The van der Waals surface area contributed by atoms with E-state index in [2.05, 4.69) is 445 Å². The second-order valence-electron chi connectivity index (χ2n) is 41.4. The van der Waals surface area contributed by atoms with E-state index in [0.29, 0.717) is 0 Å². The lowest BCUT2D eigenvalue weighted by molar-refractivity contribution is 0.0583. The van der Waals surface area contributed by atoms with E-state index < -0.39 is 17.1 Å². The summed E-state index contributed by atoms with van der Waals surface area (Å²) in [6, 6.07) is 111. The monoisotopic (exact) mass is 1500 g/mol. The van der Waals surface area contributed by atoms with E-state index in [1.165, 1.54) is 89.0 Å². The van der Waals surface area contributed by atoms with Crippen LogP contribution in [0.2, 0.25) is 0 Å². The maximum Gasteiger partial charge on any atom is 0.143 e. The van der Waals surface area contributed by atoms with Crippen molar-refractivity contribution in [1.29, 1.82) is 0 Å². The van der Waals surface area contributed by atoms with E-state index in [9.17, 15) is 0 Å². The van der Waals surface area contributed by atoms with Crippen LogP contribution in [0.25, 0.3) is 0 Å². The topological polar surface area (TPSA) is 18.5 Å². The normalized spacial score (nSPS) is 16.2. The molecule has 2 nitrogen and oxygen atoms in total. The number of hydrogen-bond acceptors (Lipinski definition) is 2. The van der Waals surface area contributed by atoms with Crippen LogP contribution in [-0.4, -0.2) is 14.2 Å². The predicted molar refractivity (Wildman–Crippen MR) is 484 cm³/mol. The Morgan fingerprint density at radius 3 is 0.456 bits per heavy atom. The first-order chi connectivity index (χ1) is 53.4. The third kappa shape index (κ3) is 16.6. The number of rotatable bonds is 12. The molecule has 2 atom stereocenters. The van der Waals surface area contributed by atoms with Gasteiger partial charge in [-0.1, -0.05) is 445 Å². The molecule has 0 spiro atoms. The number of ether oxygens (including phenoxy) is 2. The zero-order valence-electron chi connectivity index (χ0n) is 73.7. The van der Waals surface area contributed by atoms with Crippen LogP contribution in [0.4, 0.5) is 0 Å². The van der Waals surface area contributed by atoms with Gasteiger partial charge in [-0.05, 0) is 188 Å². The van der Waals surface area contributed by atoms with Gasteiger partial charge in [0.15, 0.2) is 0 Å². The molecule has 114 heavy (non-hydrogen) atoms. The molecular formula is C112H128O2. The molecule has 0 radical (unpaired) electrons. The highest BCUT2D eigenvalue weighted by atomic mass is 16.5. The second-order valence-corrected chi connectivity index (χ2v) is 41.4. The Bertz CT molecular complexity index is 4940. The van der Waals surface area contributed by atoms with Crippen LogP contribution >= 0.6 is 0 Å². The molecular weight excluding hydrogens is 1380 g/mol. The molecule has 0 amide bonds. The lowest BCUT2D eigenvalue weighted by Gasteiger charge is -2.38. The molecule has 0 heterocycles. The van der Waals surface area contributed by atoms with E-state index in [-0.39, 0.29) is 61.1 Å². The van der Waals surface area contributed by atoms with Crippen molar-refractivity contribution in [2.45, 2.75) is 244 Å². The van der Waals surface area contributed by atoms with Crippen LogP contribution < -0.4 is 0 Å². The van der Waals surface area contributed by atoms with Gasteiger partial charge in [-0.25, -0.2) is 0 Å². The first-order valence-corrected chi connectivity index (χ1v) is 41.9. The standard InChI is InChI=1S/C112H128O2/c1-103(2,3)85-41-33-73(34-42-85)99-77-29-27-31-79(65-77)100(74-35-43-86(44-36-74)104(4,5)6)81-67-83(71-97(69-81)111(113-25,93-57-49-89(50-58-93)107(13,14)15)94-59-51-90(52-60-94)108(16,17)18)102(76-39-47-88(48-40-76)106(10,11)12)84-68-82(101(80-32-28-30-78(99)66-80)75-37-45-87(46-38-75)105(7,8)9)70-98(72-84)112(114-26,95-61-53-91(54-62-95)109(19,20)21)96-63-55-92(56-64-96)110(22,23)24/h27-72,99-102H,1-26H3. The Morgan fingerprint density at radius 1 is 0.149 bits per heavy atom. The van der Waals surface area contributed by atoms with Gasteiger partial charge in [0.25, 0.3) is 0 Å². The van der Waals surface area contributed by atoms with E-state index in [0.717, 1.165) is 55.6 Å². The first-order valence-electron chi connectivity index (χ1n) is 41.9. The van der Waals surface area contributed by atoms with Gasteiger partial charge in [0.1, 0.15) is 11.2 Å². The van der Waals surface area contributed by atoms with Gasteiger partial charge in [-0.2, -0.15) is 0 Å². The summed E-state index contributed by atoms with van der Waals surface area (Å²) in [4.78, 5) is 0. The summed E-state index contributed by atoms with van der Waals surface area (Å²) < 4.78 is 15.3. The molecule has 2 unspecified atom stereocenters. The number of benzene rings is 12. The summed E-state index contributed by atoms with van der Waals surface area (Å²) in [5.74, 6) is -1.11. The fourth-order valence-corrected chi connectivity index (χ4v) is 17.8. The average molecular weight is 1510 g/mol. The number of fused-ring (bicyclic) bond motifs is 8. The lowest BCUT2D eigenvalue weighted by Crippen LogP contribution is -2.33. The predicted octanol–water partition coefficient (Wildman–Crippen LogP) is 29.0. The van der Waals surface area contributed by atoms with Crippen molar-refractivity contribution in [3.05, 3.63) is 424 Å². The highest BCUT2D eigenvalue weighted by Gasteiger charge is 2.43. The van der Waals surface area contributed by atoms with Crippen LogP contribution in [0.15, 0.2) is 279 Å². The fraction of sp³-hybridized carbons (Fsp3) is 0.357. The minimum absolute atomic E-state index is 0.0433. The molecule has 12 aromatic rings. The summed E-state index contributed by atoms with van der Waals surface area (Å²) in [5, 5.41) is 0. The first kappa shape index (κ1) is 82.5. The molecule has 8 bridgehead atoms. The van der Waals surface area contributed by atoms with Gasteiger partial charge in [0.2, 0.25) is 0 Å². The molecule has 13 rings (SSSR count). The SMILES string of the molecule is COC(c1ccc(C(C)(C)C)cc1)(c1ccc(C(C)(C)C)cc1)c1cc2cc(c1)C(c1ccc(C(C)(C)C)cc1)c1cc(cc(C(OC)(c3ccc(C(C)(C)C)cc3)c3ccc(C(C)(C)C)cc3)c1)C(c1ccc(C(C)(C)C)cc1)c1cccc(c1)C(c1ccc(C(C)(C)C)cc1)c1cccc(c1)C2c1ccc(C(C)(C)C)cc1. The molecule has 1 aliphatic rings. The van der Waals surface area contributed by atoms with Crippen molar-refractivity contribution in [3.63, 3.8) is 0 Å². The minimum atomic E-state index is -1.14. The van der Waals surface area contributed by atoms with Gasteiger partial charge < -0.3 is 9.47 Å². The van der Waals surface area contributed by atoms with E-state index in [4.69, 9.17) is 9.47 Å². The Kier molecular flexibility index (Phi) is 22.2. The molecule has 0 aliphatic heterocycles. The molecule has 12 aromatic carbocycles. The van der Waals surface area contributed by atoms with Gasteiger partial charge >= 0.3 is 0 Å². The Hall–Kier alpha value is -9.44. The zero-order chi connectivity index (χ0) is 82.3. The Balaban J connectivity index is 1.27. The average Bonchev–Trinajstić information content (AvgIpc) is 0.727.